The molecule has 4 aliphatic rings. The number of rotatable bonds is 8. The smallest absolute Gasteiger partial charge is 0.422 e. The predicted octanol–water partition coefficient (Wildman–Crippen LogP) is 4.89. The van der Waals surface area contributed by atoms with Gasteiger partial charge >= 0.3 is 6.18 Å². The van der Waals surface area contributed by atoms with Crippen LogP contribution in [0.25, 0.3) is 0 Å². The Kier molecular flexibility index (Phi) is 7.49. The average molecular weight is 636 g/mol. The molecule has 3 saturated carbocycles. The maximum Gasteiger partial charge on any atom is 0.422 e. The van der Waals surface area contributed by atoms with Gasteiger partial charge in [-0.25, -0.2) is 8.78 Å². The maximum absolute atomic E-state index is 14.3. The third-order valence-corrected chi connectivity index (χ3v) is 8.12. The van der Waals surface area contributed by atoms with E-state index in [0.717, 1.165) is 11.0 Å². The van der Waals surface area contributed by atoms with Crippen LogP contribution < -0.4 is 25.0 Å². The maximum atomic E-state index is 14.3. The summed E-state index contributed by atoms with van der Waals surface area (Å²) in [6, 6.07) is 7.85. The molecular weight excluding hydrogens is 612 g/mol. The molecule has 0 radical (unpaired) electrons. The van der Waals surface area contributed by atoms with Crippen molar-refractivity contribution in [3.8, 4) is 11.5 Å². The van der Waals surface area contributed by atoms with Gasteiger partial charge in [0.2, 0.25) is 11.6 Å². The Bertz CT molecular complexity index is 1430. The van der Waals surface area contributed by atoms with Crippen molar-refractivity contribution in [3.05, 3.63) is 52.3 Å². The zero-order chi connectivity index (χ0) is 30.7. The Morgan fingerprint density at radius 3 is 2.36 bits per heavy atom. The molecule has 2 aromatic carbocycles. The normalized spacial score (nSPS) is 25.5. The highest BCUT2D eigenvalue weighted by atomic mass is 35.5. The standard InChI is InChI=1S/C27H24Cl2F5N3O5/c1-24(31,27(32,33)34)8-22(39)37-9-20(42-19-5-2-14(28)6-18(19)37)23(40)36-26-11-25(12-26,13-26)35-21(38)10-41-15-3-4-16(29)17(30)7-15/h2-7,20H,8-13H2,1H3,(H,35,38)(H,36,40). The monoisotopic (exact) mass is 635 g/mol. The average Bonchev–Trinajstić information content (AvgIpc) is 2.85. The molecular formula is C27H24Cl2F5N3O5. The van der Waals surface area contributed by atoms with Crippen LogP contribution in [0.2, 0.25) is 10.0 Å². The molecule has 3 aliphatic carbocycles. The van der Waals surface area contributed by atoms with Crippen molar-refractivity contribution in [2.45, 2.75) is 61.6 Å². The summed E-state index contributed by atoms with van der Waals surface area (Å²) in [7, 11) is 0. The van der Waals surface area contributed by atoms with Gasteiger partial charge in [0.25, 0.3) is 11.8 Å². The van der Waals surface area contributed by atoms with Gasteiger partial charge < -0.3 is 25.0 Å². The summed E-state index contributed by atoms with van der Waals surface area (Å²) in [5.41, 5.74) is -4.97. The van der Waals surface area contributed by atoms with Gasteiger partial charge in [-0.1, -0.05) is 23.2 Å². The second-order valence-corrected chi connectivity index (χ2v) is 11.9. The number of ether oxygens (including phenoxy) is 2. The van der Waals surface area contributed by atoms with E-state index in [1.165, 1.54) is 30.3 Å². The van der Waals surface area contributed by atoms with Crippen molar-refractivity contribution in [2.75, 3.05) is 18.1 Å². The summed E-state index contributed by atoms with van der Waals surface area (Å²) in [6.45, 7) is -0.556. The Labute approximate surface area is 246 Å². The fourth-order valence-corrected chi connectivity index (χ4v) is 5.83. The number of halogens is 7. The number of hydrogen-bond acceptors (Lipinski definition) is 5. The summed E-state index contributed by atoms with van der Waals surface area (Å²) in [5, 5.41) is 5.78. The topological polar surface area (TPSA) is 97.0 Å². The number of nitrogens with zero attached hydrogens (tertiary/aromatic N) is 1. The van der Waals surface area contributed by atoms with E-state index in [4.69, 9.17) is 32.7 Å². The van der Waals surface area contributed by atoms with E-state index < -0.39 is 65.5 Å². The fourth-order valence-electron chi connectivity index (χ4n) is 5.55. The molecule has 1 aliphatic heterocycles. The Morgan fingerprint density at radius 2 is 1.71 bits per heavy atom. The molecule has 3 fully saturated rings. The van der Waals surface area contributed by atoms with E-state index in [1.54, 1.807) is 0 Å². The molecule has 0 aromatic heterocycles. The number of hydrogen-bond donors (Lipinski definition) is 2. The molecule has 6 rings (SSSR count). The Hall–Kier alpha value is -3.32. The molecule has 2 atom stereocenters. The molecule has 2 unspecified atom stereocenters. The van der Waals surface area contributed by atoms with E-state index in [-0.39, 0.29) is 40.8 Å². The van der Waals surface area contributed by atoms with Gasteiger partial charge in [-0.15, -0.1) is 0 Å². The van der Waals surface area contributed by atoms with Crippen molar-refractivity contribution in [1.29, 1.82) is 0 Å². The third kappa shape index (κ3) is 5.81. The summed E-state index contributed by atoms with van der Waals surface area (Å²) >= 11 is 11.6. The molecule has 8 nitrogen and oxygen atoms in total. The highest BCUT2D eigenvalue weighted by Gasteiger charge is 2.69. The van der Waals surface area contributed by atoms with Crippen LogP contribution >= 0.6 is 23.2 Å². The van der Waals surface area contributed by atoms with E-state index in [1.807, 2.05) is 0 Å². The summed E-state index contributed by atoms with van der Waals surface area (Å²) < 4.78 is 78.2. The van der Waals surface area contributed by atoms with Crippen LogP contribution in [0.1, 0.15) is 32.6 Å². The first kappa shape index (κ1) is 30.1. The van der Waals surface area contributed by atoms with Crippen LogP contribution in [0.4, 0.5) is 27.6 Å². The first-order valence-corrected chi connectivity index (χ1v) is 13.5. The second-order valence-electron chi connectivity index (χ2n) is 11.1. The lowest BCUT2D eigenvalue weighted by Crippen LogP contribution is -2.84. The van der Waals surface area contributed by atoms with Gasteiger partial charge in [0, 0.05) is 22.2 Å². The molecule has 1 heterocycles. The first-order valence-electron chi connectivity index (χ1n) is 12.7. The lowest BCUT2D eigenvalue weighted by molar-refractivity contribution is -0.225. The molecule has 2 aromatic rings. The van der Waals surface area contributed by atoms with Crippen molar-refractivity contribution in [1.82, 2.24) is 10.6 Å². The molecule has 0 saturated heterocycles. The number of alkyl halides is 4. The molecule has 2 N–H and O–H groups in total. The largest absolute Gasteiger partial charge is 0.484 e. The highest BCUT2D eigenvalue weighted by Crippen LogP contribution is 2.60. The molecule has 226 valence electrons. The summed E-state index contributed by atoms with van der Waals surface area (Å²) in [5.74, 6) is -2.79. The quantitative estimate of drug-likeness (QED) is 0.403. The number of nitrogens with one attached hydrogen (secondary N) is 2. The van der Waals surface area contributed by atoms with Crippen LogP contribution in [-0.4, -0.2) is 59.9 Å². The van der Waals surface area contributed by atoms with Gasteiger partial charge in [0.05, 0.1) is 23.7 Å². The molecule has 42 heavy (non-hydrogen) atoms. The Balaban J connectivity index is 1.17. The van der Waals surface area contributed by atoms with Gasteiger partial charge in [0.15, 0.2) is 12.7 Å². The number of carbonyl (C=O) groups is 3. The minimum atomic E-state index is -5.28. The summed E-state index contributed by atoms with van der Waals surface area (Å²) in [4.78, 5) is 39.3. The van der Waals surface area contributed by atoms with Crippen LogP contribution in [0.3, 0.4) is 0 Å². The Morgan fingerprint density at radius 1 is 1.05 bits per heavy atom. The van der Waals surface area contributed by atoms with Crippen molar-refractivity contribution >= 4 is 46.6 Å². The van der Waals surface area contributed by atoms with E-state index in [2.05, 4.69) is 10.6 Å². The number of benzene rings is 2. The van der Waals surface area contributed by atoms with Gasteiger partial charge in [-0.2, -0.15) is 13.2 Å². The minimum absolute atomic E-state index is 0.0188. The second kappa shape index (κ2) is 10.4. The molecule has 0 spiro atoms. The number of carbonyl (C=O) groups excluding carboxylic acids is 3. The highest BCUT2D eigenvalue weighted by molar-refractivity contribution is 6.31. The van der Waals surface area contributed by atoms with Crippen LogP contribution in [0.5, 0.6) is 11.5 Å². The van der Waals surface area contributed by atoms with Crippen LogP contribution in [-0.2, 0) is 14.4 Å². The summed E-state index contributed by atoms with van der Waals surface area (Å²) in [6.07, 6.45) is -6.87. The van der Waals surface area contributed by atoms with E-state index in [0.29, 0.717) is 19.3 Å². The zero-order valence-electron chi connectivity index (χ0n) is 21.9. The van der Waals surface area contributed by atoms with Gasteiger partial charge in [-0.05, 0) is 56.5 Å². The van der Waals surface area contributed by atoms with Crippen LogP contribution in [0.15, 0.2) is 36.4 Å². The molecule has 3 amide bonds. The van der Waals surface area contributed by atoms with Gasteiger partial charge in [-0.3, -0.25) is 14.4 Å². The third-order valence-electron chi connectivity index (χ3n) is 7.58. The predicted molar refractivity (Wildman–Crippen MR) is 141 cm³/mol. The SMILES string of the molecule is CC(F)(CC(=O)N1CC(C(=O)NC23CC(NC(=O)COc4ccc(Cl)c(F)c4)(C2)C3)Oc2ccc(Cl)cc21)C(F)(F)F. The van der Waals surface area contributed by atoms with Crippen molar-refractivity contribution in [2.24, 2.45) is 0 Å². The van der Waals surface area contributed by atoms with E-state index in [9.17, 15) is 36.3 Å². The first-order chi connectivity index (χ1) is 19.5. The number of anilines is 1. The molecule has 15 heteroatoms. The molecule has 2 bridgehead atoms. The lowest BCUT2D eigenvalue weighted by atomic mass is 9.44. The van der Waals surface area contributed by atoms with Crippen LogP contribution in [0, 0.1) is 5.82 Å². The van der Waals surface area contributed by atoms with E-state index >= 15 is 0 Å². The fraction of sp³-hybridized carbons (Fsp3) is 0.444. The minimum Gasteiger partial charge on any atom is -0.484 e. The van der Waals surface area contributed by atoms with Crippen molar-refractivity contribution in [3.63, 3.8) is 0 Å². The van der Waals surface area contributed by atoms with Crippen molar-refractivity contribution < 1.29 is 45.8 Å². The number of fused-ring (bicyclic) bond motifs is 1. The zero-order valence-corrected chi connectivity index (χ0v) is 23.4. The lowest BCUT2D eigenvalue weighted by Gasteiger charge is -2.70. The number of amides is 3. The van der Waals surface area contributed by atoms with Gasteiger partial charge in [0.1, 0.15) is 17.3 Å².